The molecule has 9 nitrogen and oxygen atoms in total. The second-order valence-electron chi connectivity index (χ2n) is 6.77. The fourth-order valence-corrected chi connectivity index (χ4v) is 3.91. The number of rotatable bonds is 10. The van der Waals surface area contributed by atoms with Crippen molar-refractivity contribution in [3.63, 3.8) is 0 Å². The van der Waals surface area contributed by atoms with Crippen LogP contribution in [0.2, 0.25) is 5.02 Å². The molecule has 11 heteroatoms. The van der Waals surface area contributed by atoms with E-state index in [2.05, 4.69) is 20.8 Å². The Bertz CT molecular complexity index is 1170. The van der Waals surface area contributed by atoms with Gasteiger partial charge in [-0.2, -0.15) is 0 Å². The first-order valence-electron chi connectivity index (χ1n) is 10.1. The highest BCUT2D eigenvalue weighted by Crippen LogP contribution is 2.38. The maximum atomic E-state index is 12.3. The summed E-state index contributed by atoms with van der Waals surface area (Å²) in [6.45, 7) is 0.355. The third-order valence-corrected chi connectivity index (χ3v) is 5.78. The van der Waals surface area contributed by atoms with E-state index in [0.717, 1.165) is 0 Å². The molecule has 0 saturated carbocycles. The zero-order chi connectivity index (χ0) is 24.5. The highest BCUT2D eigenvalue weighted by Gasteiger charge is 2.13. The van der Waals surface area contributed by atoms with Gasteiger partial charge < -0.3 is 19.5 Å². The molecule has 0 aliphatic heterocycles. The average Bonchev–Trinajstić information content (AvgIpc) is 3.28. The molecule has 1 aromatic heterocycles. The number of benzene rings is 2. The standard InChI is InChI=1S/C23H23ClN4O5S/c1-31-17-12-14(13-18(32-2)21(17)33-3)8-9-19(29)26-23-28-27-20(34-23)10-11-25-22(30)15-6-4-5-7-16(15)24/h4-9,12-13H,10-11H2,1-3H3,(H,25,30)(H,26,28,29)/b9-8+. The van der Waals surface area contributed by atoms with Crippen LogP contribution in [-0.2, 0) is 11.2 Å². The number of halogens is 1. The van der Waals surface area contributed by atoms with Crippen LogP contribution in [0.5, 0.6) is 17.2 Å². The van der Waals surface area contributed by atoms with Gasteiger partial charge in [0.15, 0.2) is 11.5 Å². The van der Waals surface area contributed by atoms with E-state index in [0.29, 0.717) is 56.5 Å². The molecule has 0 aliphatic carbocycles. The lowest BCUT2D eigenvalue weighted by Crippen LogP contribution is -2.25. The summed E-state index contributed by atoms with van der Waals surface area (Å²) in [5.41, 5.74) is 1.10. The van der Waals surface area contributed by atoms with E-state index < -0.39 is 0 Å². The summed E-state index contributed by atoms with van der Waals surface area (Å²) in [7, 11) is 4.56. The number of amides is 2. The maximum Gasteiger partial charge on any atom is 0.252 e. The Morgan fingerprint density at radius 3 is 2.41 bits per heavy atom. The van der Waals surface area contributed by atoms with Gasteiger partial charge in [-0.25, -0.2) is 0 Å². The fourth-order valence-electron chi connectivity index (χ4n) is 2.95. The lowest BCUT2D eigenvalue weighted by atomic mass is 10.1. The van der Waals surface area contributed by atoms with Crippen molar-refractivity contribution < 1.29 is 23.8 Å². The van der Waals surface area contributed by atoms with E-state index in [9.17, 15) is 9.59 Å². The van der Waals surface area contributed by atoms with Crippen LogP contribution in [0.3, 0.4) is 0 Å². The molecule has 2 aromatic carbocycles. The molecule has 3 rings (SSSR count). The third-order valence-electron chi connectivity index (χ3n) is 4.55. The van der Waals surface area contributed by atoms with E-state index in [-0.39, 0.29) is 11.8 Å². The van der Waals surface area contributed by atoms with Crippen LogP contribution in [0, 0.1) is 0 Å². The van der Waals surface area contributed by atoms with Gasteiger partial charge in [0, 0.05) is 19.0 Å². The number of anilines is 1. The summed E-state index contributed by atoms with van der Waals surface area (Å²) in [6.07, 6.45) is 3.45. The Labute approximate surface area is 205 Å². The normalized spacial score (nSPS) is 10.7. The molecule has 0 unspecified atom stereocenters. The number of hydrogen-bond donors (Lipinski definition) is 2. The minimum Gasteiger partial charge on any atom is -0.493 e. The van der Waals surface area contributed by atoms with Crippen LogP contribution >= 0.6 is 22.9 Å². The summed E-state index contributed by atoms with van der Waals surface area (Å²) in [6, 6.07) is 10.3. The molecule has 2 amide bonds. The highest BCUT2D eigenvalue weighted by molar-refractivity contribution is 7.15. The Kier molecular flexibility index (Phi) is 8.83. The largest absolute Gasteiger partial charge is 0.493 e. The first kappa shape index (κ1) is 25.0. The lowest BCUT2D eigenvalue weighted by Gasteiger charge is -2.12. The fraction of sp³-hybridized carbons (Fsp3) is 0.217. The van der Waals surface area contributed by atoms with Crippen molar-refractivity contribution in [1.29, 1.82) is 0 Å². The van der Waals surface area contributed by atoms with E-state index in [1.807, 2.05) is 0 Å². The molecule has 0 saturated heterocycles. The first-order chi connectivity index (χ1) is 16.4. The Balaban J connectivity index is 1.54. The smallest absolute Gasteiger partial charge is 0.252 e. The molecule has 0 spiro atoms. The molecule has 2 N–H and O–H groups in total. The SMILES string of the molecule is COc1cc(/C=C/C(=O)Nc2nnc(CCNC(=O)c3ccccc3Cl)s2)cc(OC)c1OC. The van der Waals surface area contributed by atoms with Gasteiger partial charge in [-0.1, -0.05) is 35.1 Å². The van der Waals surface area contributed by atoms with E-state index in [1.165, 1.54) is 38.7 Å². The second kappa shape index (κ2) is 12.0. The van der Waals surface area contributed by atoms with Gasteiger partial charge in [0.25, 0.3) is 5.91 Å². The molecule has 34 heavy (non-hydrogen) atoms. The quantitative estimate of drug-likeness (QED) is 0.405. The molecule has 0 atom stereocenters. The van der Waals surface area contributed by atoms with Crippen molar-refractivity contribution in [3.05, 3.63) is 63.6 Å². The minimum atomic E-state index is -0.372. The number of nitrogens with one attached hydrogen (secondary N) is 2. The van der Waals surface area contributed by atoms with Gasteiger partial charge in [-0.05, 0) is 35.9 Å². The van der Waals surface area contributed by atoms with E-state index >= 15 is 0 Å². The lowest BCUT2D eigenvalue weighted by molar-refractivity contribution is -0.111. The Morgan fingerprint density at radius 2 is 1.76 bits per heavy atom. The van der Waals surface area contributed by atoms with E-state index in [4.69, 9.17) is 25.8 Å². The number of nitrogens with zero attached hydrogens (tertiary/aromatic N) is 2. The summed E-state index contributed by atoms with van der Waals surface area (Å²) in [4.78, 5) is 24.5. The van der Waals surface area contributed by atoms with Gasteiger partial charge in [-0.3, -0.25) is 14.9 Å². The van der Waals surface area contributed by atoms with Crippen molar-refractivity contribution in [2.45, 2.75) is 6.42 Å². The van der Waals surface area contributed by atoms with Crippen molar-refractivity contribution >= 4 is 46.0 Å². The molecule has 0 bridgehead atoms. The van der Waals surface area contributed by atoms with Crippen molar-refractivity contribution in [2.24, 2.45) is 0 Å². The zero-order valence-corrected chi connectivity index (χ0v) is 20.3. The molecular formula is C23H23ClN4O5S. The van der Waals surface area contributed by atoms with Crippen LogP contribution in [0.15, 0.2) is 42.5 Å². The first-order valence-corrected chi connectivity index (χ1v) is 11.3. The molecule has 1 heterocycles. The van der Waals surface area contributed by atoms with Crippen LogP contribution in [0.1, 0.15) is 20.9 Å². The summed E-state index contributed by atoms with van der Waals surface area (Å²) < 4.78 is 15.9. The molecule has 0 aliphatic rings. The summed E-state index contributed by atoms with van der Waals surface area (Å²) in [5.74, 6) is 0.801. The summed E-state index contributed by atoms with van der Waals surface area (Å²) >= 11 is 7.26. The Morgan fingerprint density at radius 1 is 1.06 bits per heavy atom. The average molecular weight is 503 g/mol. The van der Waals surface area contributed by atoms with Crippen LogP contribution < -0.4 is 24.8 Å². The minimum absolute atomic E-state index is 0.263. The highest BCUT2D eigenvalue weighted by atomic mass is 35.5. The number of methoxy groups -OCH3 is 3. The van der Waals surface area contributed by atoms with Crippen molar-refractivity contribution in [2.75, 3.05) is 33.2 Å². The Hall–Kier alpha value is -3.63. The van der Waals surface area contributed by atoms with E-state index in [1.54, 1.807) is 42.5 Å². The number of ether oxygens (including phenoxy) is 3. The van der Waals surface area contributed by atoms with Gasteiger partial charge in [0.1, 0.15) is 5.01 Å². The van der Waals surface area contributed by atoms with Crippen LogP contribution in [-0.4, -0.2) is 49.9 Å². The predicted octanol–water partition coefficient (Wildman–Crippen LogP) is 3.84. The maximum absolute atomic E-state index is 12.3. The number of carbonyl (C=O) groups is 2. The molecule has 3 aromatic rings. The van der Waals surface area contributed by atoms with Crippen LogP contribution in [0.4, 0.5) is 5.13 Å². The predicted molar refractivity (Wildman–Crippen MR) is 131 cm³/mol. The van der Waals surface area contributed by atoms with Crippen molar-refractivity contribution in [3.8, 4) is 17.2 Å². The monoisotopic (exact) mass is 502 g/mol. The van der Waals surface area contributed by atoms with Gasteiger partial charge in [0.05, 0.1) is 31.9 Å². The number of carbonyl (C=O) groups excluding carboxylic acids is 2. The van der Waals surface area contributed by atoms with Crippen LogP contribution in [0.25, 0.3) is 6.08 Å². The topological polar surface area (TPSA) is 112 Å². The van der Waals surface area contributed by atoms with Crippen molar-refractivity contribution in [1.82, 2.24) is 15.5 Å². The van der Waals surface area contributed by atoms with Gasteiger partial charge in [-0.15, -0.1) is 10.2 Å². The number of hydrogen-bond acceptors (Lipinski definition) is 8. The molecule has 178 valence electrons. The molecule has 0 radical (unpaired) electrons. The van der Waals surface area contributed by atoms with Gasteiger partial charge >= 0.3 is 0 Å². The van der Waals surface area contributed by atoms with Gasteiger partial charge in [0.2, 0.25) is 16.8 Å². The molecular weight excluding hydrogens is 480 g/mol. The second-order valence-corrected chi connectivity index (χ2v) is 8.24. The summed E-state index contributed by atoms with van der Waals surface area (Å²) in [5, 5.41) is 14.9. The number of aromatic nitrogens is 2. The zero-order valence-electron chi connectivity index (χ0n) is 18.8. The third kappa shape index (κ3) is 6.46. The molecule has 0 fully saturated rings.